The van der Waals surface area contributed by atoms with Gasteiger partial charge in [0, 0.05) is 16.3 Å². The second-order valence-electron chi connectivity index (χ2n) is 7.51. The van der Waals surface area contributed by atoms with Crippen LogP contribution in [0.5, 0.6) is 0 Å². The highest BCUT2D eigenvalue weighted by Gasteiger charge is 2.31. The van der Waals surface area contributed by atoms with Crippen molar-refractivity contribution in [2.45, 2.75) is 12.4 Å². The maximum Gasteiger partial charge on any atom is 0.416 e. The fourth-order valence-electron chi connectivity index (χ4n) is 3.95. The third-order valence-corrected chi connectivity index (χ3v) is 5.47. The Balaban J connectivity index is 0.00000259. The lowest BCUT2D eigenvalue weighted by molar-refractivity contribution is -0.138. The second-order valence-corrected chi connectivity index (χ2v) is 7.51. The van der Waals surface area contributed by atoms with Crippen LogP contribution in [0.4, 0.5) is 26.3 Å². The van der Waals surface area contributed by atoms with Crippen LogP contribution in [-0.2, 0) is 12.4 Å². The molecule has 168 valence electrons. The fraction of sp³-hybridized carbons (Fsp3) is 0.0800. The number of benzene rings is 4. The van der Waals surface area contributed by atoms with Gasteiger partial charge in [0.25, 0.3) is 0 Å². The normalized spacial score (nSPS) is 12.3. The van der Waals surface area contributed by atoms with Crippen molar-refractivity contribution in [3.8, 4) is 11.1 Å². The van der Waals surface area contributed by atoms with Gasteiger partial charge in [-0.3, -0.25) is 0 Å². The van der Waals surface area contributed by atoms with E-state index in [2.05, 4.69) is 4.98 Å². The smallest absolute Gasteiger partial charge is 0.248 e. The predicted molar refractivity (Wildman–Crippen MR) is 119 cm³/mol. The van der Waals surface area contributed by atoms with Gasteiger partial charge in [-0.1, -0.05) is 36.4 Å². The maximum atomic E-state index is 13.2. The summed E-state index contributed by atoms with van der Waals surface area (Å²) in [4.78, 5) is 4.64. The van der Waals surface area contributed by atoms with Crippen molar-refractivity contribution in [3.05, 3.63) is 90.0 Å². The molecule has 0 radical (unpaired) electrons. The zero-order valence-corrected chi connectivity index (χ0v) is 17.4. The molecule has 1 nitrogen and oxygen atoms in total. The minimum Gasteiger partial charge on any atom is -0.248 e. The Morgan fingerprint density at radius 2 is 1.18 bits per heavy atom. The molecule has 0 amide bonds. The minimum absolute atomic E-state index is 0. The summed E-state index contributed by atoms with van der Waals surface area (Å²) < 4.78 is 78.7. The molecule has 0 aliphatic rings. The number of aromatic nitrogens is 1. The summed E-state index contributed by atoms with van der Waals surface area (Å²) in [5, 5.41) is 2.23. The number of alkyl halides is 6. The topological polar surface area (TPSA) is 12.9 Å². The molecule has 0 spiro atoms. The van der Waals surface area contributed by atoms with Crippen molar-refractivity contribution in [1.82, 2.24) is 4.98 Å². The van der Waals surface area contributed by atoms with Gasteiger partial charge in [-0.15, -0.1) is 12.4 Å². The van der Waals surface area contributed by atoms with Crippen LogP contribution in [0.25, 0.3) is 43.7 Å². The van der Waals surface area contributed by atoms with E-state index in [1.807, 2.05) is 0 Å². The van der Waals surface area contributed by atoms with Crippen LogP contribution in [0.15, 0.2) is 78.9 Å². The first-order valence-corrected chi connectivity index (χ1v) is 9.62. The third kappa shape index (κ3) is 4.09. The van der Waals surface area contributed by atoms with Crippen LogP contribution in [0.1, 0.15) is 11.1 Å². The molecular weight excluding hydrogens is 464 g/mol. The predicted octanol–water partition coefficient (Wildman–Crippen LogP) is 8.67. The molecule has 33 heavy (non-hydrogen) atoms. The average molecular weight is 478 g/mol. The fourth-order valence-corrected chi connectivity index (χ4v) is 3.95. The molecule has 0 saturated heterocycles. The molecule has 0 bridgehead atoms. The lowest BCUT2D eigenvalue weighted by Crippen LogP contribution is -2.04. The molecule has 1 aromatic heterocycles. The van der Waals surface area contributed by atoms with Crippen molar-refractivity contribution >= 4 is 45.0 Å². The average Bonchev–Trinajstić information content (AvgIpc) is 2.74. The number of nitrogens with zero attached hydrogens (tertiary/aromatic N) is 1. The molecule has 0 N–H and O–H groups in total. The number of halogens is 7. The van der Waals surface area contributed by atoms with E-state index >= 15 is 0 Å². The van der Waals surface area contributed by atoms with E-state index in [0.29, 0.717) is 43.7 Å². The van der Waals surface area contributed by atoms with Crippen LogP contribution in [0, 0.1) is 0 Å². The van der Waals surface area contributed by atoms with Crippen molar-refractivity contribution < 1.29 is 26.3 Å². The zero-order chi connectivity index (χ0) is 22.7. The van der Waals surface area contributed by atoms with Crippen LogP contribution < -0.4 is 0 Å². The zero-order valence-electron chi connectivity index (χ0n) is 16.6. The van der Waals surface area contributed by atoms with E-state index in [0.717, 1.165) is 24.3 Å². The summed E-state index contributed by atoms with van der Waals surface area (Å²) in [6, 6.07) is 18.7. The summed E-state index contributed by atoms with van der Waals surface area (Å²) in [5.41, 5.74) is 0.789. The molecule has 0 aliphatic heterocycles. The third-order valence-electron chi connectivity index (χ3n) is 5.47. The minimum atomic E-state index is -4.49. The first kappa shape index (κ1) is 22.9. The van der Waals surface area contributed by atoms with E-state index in [1.54, 1.807) is 36.4 Å². The quantitative estimate of drug-likeness (QED) is 0.174. The molecule has 5 rings (SSSR count). The summed E-state index contributed by atoms with van der Waals surface area (Å²) in [5.74, 6) is 0. The van der Waals surface area contributed by atoms with Crippen molar-refractivity contribution in [3.63, 3.8) is 0 Å². The van der Waals surface area contributed by atoms with Crippen LogP contribution >= 0.6 is 12.4 Å². The Hall–Kier alpha value is -3.32. The summed E-state index contributed by atoms with van der Waals surface area (Å²) in [6.45, 7) is 0. The highest BCUT2D eigenvalue weighted by molar-refractivity contribution is 6.12. The molecule has 5 aromatic rings. The van der Waals surface area contributed by atoms with Crippen LogP contribution in [0.2, 0.25) is 0 Å². The number of fused-ring (bicyclic) bond motifs is 3. The first-order chi connectivity index (χ1) is 15.1. The van der Waals surface area contributed by atoms with Gasteiger partial charge in [0.2, 0.25) is 0 Å². The van der Waals surface area contributed by atoms with Gasteiger partial charge in [0.15, 0.2) is 0 Å². The maximum absolute atomic E-state index is 13.2. The SMILES string of the molecule is Cl.FC(F)(F)c1ccc(-c2c3ccccc3nc3cc4ccc(C(F)(F)F)cc4cc23)cc1. The Morgan fingerprint density at radius 3 is 1.85 bits per heavy atom. The largest absolute Gasteiger partial charge is 0.416 e. The Labute approximate surface area is 190 Å². The molecule has 0 saturated carbocycles. The second kappa shape index (κ2) is 7.92. The number of rotatable bonds is 1. The van der Waals surface area contributed by atoms with Gasteiger partial charge in [-0.25, -0.2) is 4.98 Å². The summed E-state index contributed by atoms with van der Waals surface area (Å²) in [7, 11) is 0. The highest BCUT2D eigenvalue weighted by atomic mass is 35.5. The molecule has 0 fully saturated rings. The van der Waals surface area contributed by atoms with E-state index < -0.39 is 23.5 Å². The van der Waals surface area contributed by atoms with Crippen molar-refractivity contribution in [2.24, 2.45) is 0 Å². The molecule has 0 unspecified atom stereocenters. The van der Waals surface area contributed by atoms with Crippen molar-refractivity contribution in [2.75, 3.05) is 0 Å². The highest BCUT2D eigenvalue weighted by Crippen LogP contribution is 2.39. The van der Waals surface area contributed by atoms with E-state index in [1.165, 1.54) is 18.2 Å². The standard InChI is InChI=1S/C25H13F6N.ClH/c26-24(27,28)17-8-5-14(6-9-17)23-19-3-1-2-4-21(19)32-22-13-15-7-10-18(25(29,30)31)11-16(15)12-20(22)23;/h1-13H;1H. The lowest BCUT2D eigenvalue weighted by atomic mass is 9.93. The molecule has 1 heterocycles. The first-order valence-electron chi connectivity index (χ1n) is 9.62. The van der Waals surface area contributed by atoms with Gasteiger partial charge >= 0.3 is 12.4 Å². The van der Waals surface area contributed by atoms with Gasteiger partial charge in [-0.05, 0) is 58.8 Å². The Morgan fingerprint density at radius 1 is 0.545 bits per heavy atom. The van der Waals surface area contributed by atoms with Gasteiger partial charge in [0.05, 0.1) is 22.2 Å². The summed E-state index contributed by atoms with van der Waals surface area (Å²) in [6.07, 6.45) is -8.95. The summed E-state index contributed by atoms with van der Waals surface area (Å²) >= 11 is 0. The number of pyridine rings is 1. The Bertz CT molecular complexity index is 1490. The van der Waals surface area contributed by atoms with Crippen LogP contribution in [0.3, 0.4) is 0 Å². The number of hydrogen-bond acceptors (Lipinski definition) is 1. The van der Waals surface area contributed by atoms with E-state index in [9.17, 15) is 26.3 Å². The lowest BCUT2D eigenvalue weighted by Gasteiger charge is -2.14. The van der Waals surface area contributed by atoms with Crippen molar-refractivity contribution in [1.29, 1.82) is 0 Å². The molecule has 4 aromatic carbocycles. The molecule has 0 atom stereocenters. The monoisotopic (exact) mass is 477 g/mol. The van der Waals surface area contributed by atoms with Gasteiger partial charge < -0.3 is 0 Å². The molecule has 0 aliphatic carbocycles. The number of para-hydroxylation sites is 1. The van der Waals surface area contributed by atoms with E-state index in [4.69, 9.17) is 0 Å². The Kier molecular flexibility index (Phi) is 5.48. The molecule has 8 heteroatoms. The van der Waals surface area contributed by atoms with Gasteiger partial charge in [-0.2, -0.15) is 26.3 Å². The number of hydrogen-bond donors (Lipinski definition) is 0. The van der Waals surface area contributed by atoms with E-state index in [-0.39, 0.29) is 12.4 Å². The van der Waals surface area contributed by atoms with Crippen LogP contribution in [-0.4, -0.2) is 4.98 Å². The van der Waals surface area contributed by atoms with Gasteiger partial charge in [0.1, 0.15) is 0 Å². The molecular formula is C25H14ClF6N.